The van der Waals surface area contributed by atoms with Gasteiger partial charge in [-0.3, -0.25) is 62.3 Å². The average Bonchev–Trinajstić information content (AvgIpc) is 1.73. The zero-order valence-corrected chi connectivity index (χ0v) is 63.9. The number of carboxylic acids is 1. The van der Waals surface area contributed by atoms with Crippen LogP contribution in [-0.4, -0.2) is 239 Å². The zero-order chi connectivity index (χ0) is 80.8. The highest BCUT2D eigenvalue weighted by Gasteiger charge is 2.43. The summed E-state index contributed by atoms with van der Waals surface area (Å²) in [6, 6.07) is -15.1. The van der Waals surface area contributed by atoms with Crippen molar-refractivity contribution in [2.75, 3.05) is 45.9 Å². The van der Waals surface area contributed by atoms with E-state index >= 15 is 0 Å². The fourth-order valence-electron chi connectivity index (χ4n) is 11.6. The van der Waals surface area contributed by atoms with Crippen LogP contribution in [0.25, 0.3) is 6.08 Å². The second-order valence-electron chi connectivity index (χ2n) is 28.2. The van der Waals surface area contributed by atoms with E-state index in [9.17, 15) is 87.5 Å². The number of aliphatic hydroxyl groups excluding tert-OH is 3. The Morgan fingerprint density at radius 1 is 0.467 bits per heavy atom. The molecule has 13 amide bonds. The van der Waals surface area contributed by atoms with E-state index in [0.29, 0.717) is 57.3 Å². The van der Waals surface area contributed by atoms with E-state index in [2.05, 4.69) is 63.8 Å². The average molecular weight is 1520 g/mol. The Bertz CT molecular complexity index is 3060. The predicted molar refractivity (Wildman–Crippen MR) is 395 cm³/mol. The lowest BCUT2D eigenvalue weighted by Gasteiger charge is -2.33. The number of amides is 13. The lowest BCUT2D eigenvalue weighted by Crippen LogP contribution is -2.63. The van der Waals surface area contributed by atoms with Gasteiger partial charge in [-0.15, -0.1) is 0 Å². The first-order valence-corrected chi connectivity index (χ1v) is 37.2. The summed E-state index contributed by atoms with van der Waals surface area (Å²) in [5.74, 6) is -15.2. The Labute approximate surface area is 626 Å². The molecule has 606 valence electrons. The third kappa shape index (κ3) is 31.6. The van der Waals surface area contributed by atoms with Gasteiger partial charge in [0.15, 0.2) is 0 Å². The number of carbonyl (C=O) groups is 14. The van der Waals surface area contributed by atoms with Crippen LogP contribution in [-0.2, 0) is 67.1 Å². The van der Waals surface area contributed by atoms with Crippen LogP contribution in [0.4, 0.5) is 0 Å². The Morgan fingerprint density at radius 2 is 0.822 bits per heavy atom. The first kappa shape index (κ1) is 94.4. The second-order valence-corrected chi connectivity index (χ2v) is 28.2. The predicted octanol–water partition coefficient (Wildman–Crippen LogP) is -3.65. The van der Waals surface area contributed by atoms with Gasteiger partial charge in [-0.1, -0.05) is 82.1 Å². The van der Waals surface area contributed by atoms with Gasteiger partial charge in [-0.2, -0.15) is 0 Å². The molecule has 1 aromatic heterocycles. The number of hydrogen-bond acceptors (Lipinski definition) is 22. The molecule has 1 aromatic rings. The molecule has 0 aromatic carbocycles. The van der Waals surface area contributed by atoms with E-state index in [1.54, 1.807) is 81.4 Å². The molecule has 0 unspecified atom stereocenters. The van der Waals surface area contributed by atoms with Crippen molar-refractivity contribution < 1.29 is 92.0 Å². The number of unbranched alkanes of at least 4 members (excludes halogenated alkanes) is 2. The molecule has 0 radical (unpaired) electrons. The van der Waals surface area contributed by atoms with Crippen LogP contribution < -0.4 is 86.7 Å². The number of nitrogens with two attached hydrogens (primary N) is 4. The minimum atomic E-state index is -1.79. The van der Waals surface area contributed by atoms with Gasteiger partial charge in [-0.05, 0) is 158 Å². The van der Waals surface area contributed by atoms with Crippen LogP contribution in [0.1, 0.15) is 172 Å². The number of nitrogens with one attached hydrogen (secondary N) is 12. The SMILES string of the molecule is CC[C@H](C)[C@H](NC(=O)[C@H](CCCCN)NC(=O)[C@@H](NC(=O)[C@@H]1CCCN1C(=O)[C@@H](NC(=O)[C@H](CO)NC(=O)[C@H](CCCCN)NC(=O)[C@@H](NC(=O)[C@H](CO)NC(=O)[C@H](CCCN)NC(=O)[C@@H](NC(=O)[C@@H](NC(=O)[C@H](CCCN)NC(=O)C=Cc1ccco1)C(C)C)[C@@H](C)O)C(C)C)[C@@H](C)CC)C(C)C)C(=O)O. The summed E-state index contributed by atoms with van der Waals surface area (Å²) in [6.07, 6.45) is 5.50. The van der Waals surface area contributed by atoms with E-state index < -0.39 is 210 Å². The second kappa shape index (κ2) is 49.3. The molecule has 2 heterocycles. The summed E-state index contributed by atoms with van der Waals surface area (Å²) in [5.41, 5.74) is 23.0. The molecule has 0 spiro atoms. The maximum Gasteiger partial charge on any atom is 0.326 e. The van der Waals surface area contributed by atoms with Gasteiger partial charge in [0.1, 0.15) is 84.3 Å². The highest BCUT2D eigenvalue weighted by Crippen LogP contribution is 2.23. The van der Waals surface area contributed by atoms with Gasteiger partial charge in [0.05, 0.1) is 25.6 Å². The van der Waals surface area contributed by atoms with E-state index in [0.717, 1.165) is 6.08 Å². The number of aliphatic hydroxyl groups is 3. The minimum absolute atomic E-state index is 0.00667. The van der Waals surface area contributed by atoms with Crippen LogP contribution in [0, 0.1) is 29.6 Å². The molecule has 24 N–H and O–H groups in total. The van der Waals surface area contributed by atoms with Crippen LogP contribution in [0.15, 0.2) is 28.9 Å². The normalized spacial score (nSPS) is 17.2. The largest absolute Gasteiger partial charge is 0.480 e. The highest BCUT2D eigenvalue weighted by atomic mass is 16.4. The van der Waals surface area contributed by atoms with Crippen LogP contribution in [0.2, 0.25) is 0 Å². The number of furan rings is 1. The van der Waals surface area contributed by atoms with Gasteiger partial charge in [0.2, 0.25) is 76.8 Å². The third-order valence-electron chi connectivity index (χ3n) is 18.6. The van der Waals surface area contributed by atoms with E-state index in [-0.39, 0.29) is 71.1 Å². The van der Waals surface area contributed by atoms with Crippen LogP contribution >= 0.6 is 0 Å². The summed E-state index contributed by atoms with van der Waals surface area (Å²) in [7, 11) is 0. The molecular weight excluding hydrogens is 1390 g/mol. The summed E-state index contributed by atoms with van der Waals surface area (Å²) in [4.78, 5) is 195. The number of carboxylic acid groups (broad SMARTS) is 1. The lowest BCUT2D eigenvalue weighted by molar-refractivity contribution is -0.144. The van der Waals surface area contributed by atoms with Crippen molar-refractivity contribution in [3.05, 3.63) is 30.2 Å². The topological polar surface area (TPSA) is 585 Å². The van der Waals surface area contributed by atoms with Crippen molar-refractivity contribution in [1.29, 1.82) is 0 Å². The molecule has 16 atom stereocenters. The summed E-state index contributed by atoms with van der Waals surface area (Å²) < 4.78 is 5.20. The van der Waals surface area contributed by atoms with Crippen LogP contribution in [0.5, 0.6) is 0 Å². The van der Waals surface area contributed by atoms with Crippen molar-refractivity contribution in [2.45, 2.75) is 251 Å². The third-order valence-corrected chi connectivity index (χ3v) is 18.6. The molecule has 1 saturated heterocycles. The van der Waals surface area contributed by atoms with Gasteiger partial charge >= 0.3 is 5.97 Å². The number of rotatable bonds is 51. The van der Waals surface area contributed by atoms with Gasteiger partial charge in [0, 0.05) is 12.6 Å². The molecule has 1 aliphatic rings. The molecule has 2 rings (SSSR count). The molecule has 36 heteroatoms. The maximum absolute atomic E-state index is 14.7. The number of hydrogen-bond donors (Lipinski definition) is 20. The Kier molecular flexibility index (Phi) is 43.5. The molecule has 1 fully saturated rings. The molecule has 0 bridgehead atoms. The van der Waals surface area contributed by atoms with Gasteiger partial charge in [0.25, 0.3) is 0 Å². The number of likely N-dealkylation sites (tertiary alicyclic amines) is 1. The standard InChI is InChI=1S/C71H123N17O19/c1-12-41(9)56(70(104)88-34-20-27-51(88)65(99)84-54(39(5)6)67(101)78-47(24-15-17-31-73)62(96)86-57(71(105)106)42(10)13-2)85-64(98)50(37-90)81-59(93)46(23-14-16-30-72)77-66(100)53(38(3)4)83-63(97)49(36-89)80-60(94)48(26-19-33-75)79-69(103)58(43(11)91)87-68(102)55(40(7)8)82-61(95)45(25-18-32-74)76-52(92)29-28-44-22-21-35-107-44/h21-22,28-29,35,38-43,45-51,53-58,89-91H,12-20,23-27,30-34,36-37,72-75H2,1-11H3,(H,76,92)(H,77,100)(H,78,101)(H,79,103)(H,80,94)(H,81,93)(H,82,95)(H,83,97)(H,84,99)(H,85,98)(H,86,96)(H,87,102)(H,105,106)/t41-,42-,43+,45-,46-,47-,48-,49-,50-,51-,53-,54-,55-,56-,57-,58-/m0/s1. The van der Waals surface area contributed by atoms with E-state index in [4.69, 9.17) is 27.4 Å². The number of aliphatic carboxylic acids is 1. The molecule has 107 heavy (non-hydrogen) atoms. The molecule has 1 aliphatic heterocycles. The van der Waals surface area contributed by atoms with Crippen molar-refractivity contribution >= 4 is 88.8 Å². The summed E-state index contributed by atoms with van der Waals surface area (Å²) in [6.45, 7) is 16.3. The van der Waals surface area contributed by atoms with Crippen molar-refractivity contribution in [3.63, 3.8) is 0 Å². The molecule has 36 nitrogen and oxygen atoms in total. The molecule has 0 aliphatic carbocycles. The van der Waals surface area contributed by atoms with E-state index in [1.807, 2.05) is 0 Å². The monoisotopic (exact) mass is 1520 g/mol. The summed E-state index contributed by atoms with van der Waals surface area (Å²) in [5, 5.41) is 72.5. The first-order valence-electron chi connectivity index (χ1n) is 37.2. The zero-order valence-electron chi connectivity index (χ0n) is 63.9. The van der Waals surface area contributed by atoms with Crippen LogP contribution in [0.3, 0.4) is 0 Å². The lowest BCUT2D eigenvalue weighted by atomic mass is 9.96. The molecular formula is C71H123N17O19. The fourth-order valence-corrected chi connectivity index (χ4v) is 11.6. The maximum atomic E-state index is 14.7. The quantitative estimate of drug-likeness (QED) is 0.0221. The highest BCUT2D eigenvalue weighted by molar-refractivity contribution is 6.01. The Hall–Kier alpha value is -8.68. The van der Waals surface area contributed by atoms with Crippen molar-refractivity contribution in [3.8, 4) is 0 Å². The molecule has 0 saturated carbocycles. The minimum Gasteiger partial charge on any atom is -0.480 e. The number of carbonyl (C=O) groups excluding carboxylic acids is 13. The van der Waals surface area contributed by atoms with E-state index in [1.165, 1.54) is 24.2 Å². The van der Waals surface area contributed by atoms with Crippen molar-refractivity contribution in [2.24, 2.45) is 52.5 Å². The van der Waals surface area contributed by atoms with Crippen molar-refractivity contribution in [1.82, 2.24) is 68.7 Å². The Morgan fingerprint density at radius 3 is 1.21 bits per heavy atom. The summed E-state index contributed by atoms with van der Waals surface area (Å²) >= 11 is 0. The number of nitrogens with zero attached hydrogens (tertiary/aromatic N) is 1. The smallest absolute Gasteiger partial charge is 0.326 e. The van der Waals surface area contributed by atoms with Gasteiger partial charge < -0.3 is 116 Å². The fraction of sp³-hybridized carbons (Fsp3) is 0.718. The van der Waals surface area contributed by atoms with Gasteiger partial charge in [-0.25, -0.2) is 4.79 Å². The first-order chi connectivity index (χ1) is 50.6. The Balaban J connectivity index is 2.32.